The zero-order chi connectivity index (χ0) is 11.4. The summed E-state index contributed by atoms with van der Waals surface area (Å²) < 4.78 is 19.7. The van der Waals surface area contributed by atoms with Gasteiger partial charge < -0.3 is 4.74 Å². The van der Waals surface area contributed by atoms with Crippen molar-refractivity contribution in [1.29, 1.82) is 0 Å². The highest BCUT2D eigenvalue weighted by Crippen LogP contribution is 2.18. The summed E-state index contributed by atoms with van der Waals surface area (Å²) in [7, 11) is 0. The van der Waals surface area contributed by atoms with Crippen molar-refractivity contribution >= 4 is 15.9 Å². The van der Waals surface area contributed by atoms with Crippen molar-refractivity contribution < 1.29 is 9.13 Å². The Labute approximate surface area is 102 Å². The van der Waals surface area contributed by atoms with Crippen LogP contribution in [0.1, 0.15) is 5.56 Å². The highest BCUT2D eigenvalue weighted by molar-refractivity contribution is 9.10. The van der Waals surface area contributed by atoms with E-state index in [0.29, 0.717) is 5.56 Å². The molecule has 0 aliphatic rings. The van der Waals surface area contributed by atoms with Gasteiger partial charge in [0.25, 0.3) is 0 Å². The number of rotatable bonds is 3. The molecule has 3 heteroatoms. The van der Waals surface area contributed by atoms with Crippen LogP contribution in [0.25, 0.3) is 0 Å². The lowest BCUT2D eigenvalue weighted by molar-refractivity contribution is 0.300. The largest absolute Gasteiger partial charge is 0.489 e. The minimum Gasteiger partial charge on any atom is -0.489 e. The summed E-state index contributed by atoms with van der Waals surface area (Å²) in [5.74, 6) is 0.487. The fraction of sp³-hybridized carbons (Fsp3) is 0.0769. The van der Waals surface area contributed by atoms with E-state index in [4.69, 9.17) is 4.74 Å². The maximum Gasteiger partial charge on any atom is 0.129 e. The average molecular weight is 281 g/mol. The number of hydrogen-bond acceptors (Lipinski definition) is 1. The molecular formula is C13H10BrFO. The number of ether oxygens (including phenoxy) is 1. The SMILES string of the molecule is Fc1ccc(Br)cc1COc1ccccc1. The van der Waals surface area contributed by atoms with Crippen LogP contribution in [0.5, 0.6) is 5.75 Å². The normalized spacial score (nSPS) is 10.1. The topological polar surface area (TPSA) is 9.23 Å². The molecule has 0 unspecified atom stereocenters. The smallest absolute Gasteiger partial charge is 0.129 e. The monoisotopic (exact) mass is 280 g/mol. The van der Waals surface area contributed by atoms with E-state index in [1.54, 1.807) is 12.1 Å². The molecule has 0 N–H and O–H groups in total. The van der Waals surface area contributed by atoms with Gasteiger partial charge in [-0.3, -0.25) is 0 Å². The third-order valence-corrected chi connectivity index (χ3v) is 2.64. The molecule has 1 nitrogen and oxygen atoms in total. The third-order valence-electron chi connectivity index (χ3n) is 2.15. The van der Waals surface area contributed by atoms with Crippen LogP contribution < -0.4 is 4.74 Å². The lowest BCUT2D eigenvalue weighted by Gasteiger charge is -2.07. The van der Waals surface area contributed by atoms with Crippen LogP contribution in [0, 0.1) is 5.82 Å². The van der Waals surface area contributed by atoms with Gasteiger partial charge in [-0.2, -0.15) is 0 Å². The van der Waals surface area contributed by atoms with Crippen LogP contribution in [-0.4, -0.2) is 0 Å². The summed E-state index contributed by atoms with van der Waals surface area (Å²) in [4.78, 5) is 0. The van der Waals surface area contributed by atoms with Crippen LogP contribution in [0.2, 0.25) is 0 Å². The Hall–Kier alpha value is -1.35. The van der Waals surface area contributed by atoms with E-state index in [1.807, 2.05) is 30.3 Å². The molecule has 0 fully saturated rings. The predicted molar refractivity (Wildman–Crippen MR) is 64.9 cm³/mol. The van der Waals surface area contributed by atoms with E-state index >= 15 is 0 Å². The maximum absolute atomic E-state index is 13.4. The van der Waals surface area contributed by atoms with Crippen molar-refractivity contribution in [2.24, 2.45) is 0 Å². The lowest BCUT2D eigenvalue weighted by atomic mass is 10.2. The van der Waals surface area contributed by atoms with E-state index in [2.05, 4.69) is 15.9 Å². The quantitative estimate of drug-likeness (QED) is 0.820. The molecule has 0 bridgehead atoms. The highest BCUT2D eigenvalue weighted by Gasteiger charge is 2.03. The zero-order valence-electron chi connectivity index (χ0n) is 8.49. The second kappa shape index (κ2) is 5.12. The molecule has 0 atom stereocenters. The number of hydrogen-bond donors (Lipinski definition) is 0. The van der Waals surface area contributed by atoms with Crippen LogP contribution in [0.15, 0.2) is 53.0 Å². The Kier molecular flexibility index (Phi) is 3.57. The Morgan fingerprint density at radius 2 is 1.81 bits per heavy atom. The summed E-state index contributed by atoms with van der Waals surface area (Å²) >= 11 is 3.30. The van der Waals surface area contributed by atoms with Gasteiger partial charge in [-0.1, -0.05) is 34.1 Å². The summed E-state index contributed by atoms with van der Waals surface area (Å²) in [6.45, 7) is 0.231. The van der Waals surface area contributed by atoms with Gasteiger partial charge >= 0.3 is 0 Å². The molecule has 0 radical (unpaired) electrons. The molecule has 0 aromatic heterocycles. The fourth-order valence-corrected chi connectivity index (χ4v) is 1.74. The Morgan fingerprint density at radius 3 is 2.56 bits per heavy atom. The maximum atomic E-state index is 13.4. The first-order chi connectivity index (χ1) is 7.75. The van der Waals surface area contributed by atoms with E-state index in [0.717, 1.165) is 10.2 Å². The molecule has 0 amide bonds. The lowest BCUT2D eigenvalue weighted by Crippen LogP contribution is -1.98. The van der Waals surface area contributed by atoms with Crippen molar-refractivity contribution in [2.75, 3.05) is 0 Å². The van der Waals surface area contributed by atoms with E-state index in [-0.39, 0.29) is 12.4 Å². The van der Waals surface area contributed by atoms with Gasteiger partial charge in [-0.15, -0.1) is 0 Å². The van der Waals surface area contributed by atoms with E-state index in [1.165, 1.54) is 6.07 Å². The molecule has 0 aliphatic heterocycles. The molecule has 0 aliphatic carbocycles. The molecule has 0 saturated carbocycles. The van der Waals surface area contributed by atoms with Gasteiger partial charge in [0, 0.05) is 10.0 Å². The molecule has 16 heavy (non-hydrogen) atoms. The first-order valence-corrected chi connectivity index (χ1v) is 5.67. The molecule has 2 aromatic rings. The first kappa shape index (κ1) is 11.1. The van der Waals surface area contributed by atoms with Gasteiger partial charge in [-0.05, 0) is 30.3 Å². The molecular weight excluding hydrogens is 271 g/mol. The zero-order valence-corrected chi connectivity index (χ0v) is 10.1. The summed E-state index contributed by atoms with van der Waals surface area (Å²) in [6, 6.07) is 14.2. The van der Waals surface area contributed by atoms with Gasteiger partial charge in [-0.25, -0.2) is 4.39 Å². The second-order valence-corrected chi connectivity index (χ2v) is 4.25. The minimum absolute atomic E-state index is 0.231. The summed E-state index contributed by atoms with van der Waals surface area (Å²) in [6.07, 6.45) is 0. The number of halogens is 2. The van der Waals surface area contributed by atoms with Crippen LogP contribution in [0.3, 0.4) is 0 Å². The summed E-state index contributed by atoms with van der Waals surface area (Å²) in [5.41, 5.74) is 0.540. The molecule has 0 heterocycles. The second-order valence-electron chi connectivity index (χ2n) is 3.34. The molecule has 2 rings (SSSR count). The number of para-hydroxylation sites is 1. The van der Waals surface area contributed by atoms with Crippen molar-refractivity contribution in [3.05, 3.63) is 64.4 Å². The Bertz CT molecular complexity index is 471. The van der Waals surface area contributed by atoms with Crippen LogP contribution in [0.4, 0.5) is 4.39 Å². The average Bonchev–Trinajstić information content (AvgIpc) is 2.32. The predicted octanol–water partition coefficient (Wildman–Crippen LogP) is 4.17. The van der Waals surface area contributed by atoms with Crippen molar-refractivity contribution in [3.8, 4) is 5.75 Å². The van der Waals surface area contributed by atoms with Crippen LogP contribution >= 0.6 is 15.9 Å². The van der Waals surface area contributed by atoms with Gasteiger partial charge in [0.15, 0.2) is 0 Å². The van der Waals surface area contributed by atoms with Crippen molar-refractivity contribution in [2.45, 2.75) is 6.61 Å². The fourth-order valence-electron chi connectivity index (χ4n) is 1.33. The van der Waals surface area contributed by atoms with E-state index in [9.17, 15) is 4.39 Å². The van der Waals surface area contributed by atoms with Crippen molar-refractivity contribution in [1.82, 2.24) is 0 Å². The highest BCUT2D eigenvalue weighted by atomic mass is 79.9. The summed E-state index contributed by atoms with van der Waals surface area (Å²) in [5, 5.41) is 0. The Morgan fingerprint density at radius 1 is 1.06 bits per heavy atom. The van der Waals surface area contributed by atoms with Gasteiger partial charge in [0.1, 0.15) is 18.2 Å². The molecule has 0 spiro atoms. The van der Waals surface area contributed by atoms with Crippen molar-refractivity contribution in [3.63, 3.8) is 0 Å². The first-order valence-electron chi connectivity index (χ1n) is 4.87. The molecule has 2 aromatic carbocycles. The van der Waals surface area contributed by atoms with E-state index < -0.39 is 0 Å². The number of benzene rings is 2. The Balaban J connectivity index is 2.08. The van der Waals surface area contributed by atoms with Gasteiger partial charge in [0.05, 0.1) is 0 Å². The van der Waals surface area contributed by atoms with Gasteiger partial charge in [0.2, 0.25) is 0 Å². The molecule has 82 valence electrons. The van der Waals surface area contributed by atoms with Crippen LogP contribution in [-0.2, 0) is 6.61 Å². The molecule has 0 saturated heterocycles. The standard InChI is InChI=1S/C13H10BrFO/c14-11-6-7-13(15)10(8-11)9-16-12-4-2-1-3-5-12/h1-8H,9H2. The minimum atomic E-state index is -0.251. The third kappa shape index (κ3) is 2.83.